The van der Waals surface area contributed by atoms with E-state index in [1.54, 1.807) is 6.20 Å². The van der Waals surface area contributed by atoms with Gasteiger partial charge in [0.25, 0.3) is 0 Å². The van der Waals surface area contributed by atoms with Gasteiger partial charge in [0.2, 0.25) is 11.9 Å². The van der Waals surface area contributed by atoms with Crippen LogP contribution in [-0.2, 0) is 4.79 Å². The summed E-state index contributed by atoms with van der Waals surface area (Å²) < 4.78 is 26.5. The molecule has 8 heteroatoms. The maximum Gasteiger partial charge on any atom is 0.229 e. The Hall–Kier alpha value is -2.77. The largest absolute Gasteiger partial charge is 0.370 e. The second-order valence-corrected chi connectivity index (χ2v) is 7.72. The van der Waals surface area contributed by atoms with Crippen LogP contribution < -0.4 is 16.0 Å². The standard InChI is InChI=1S/C21H25F2N5O/c22-17-8-7-15(11-18(17)23)27-21-26-12-16(13-5-6-13)19(28-21)24-9-2-10-25-20(29)14-3-1-4-14/h7-8,11-14H,1-6,9-10H2,(H,25,29)(H2,24,26,27,28). The summed E-state index contributed by atoms with van der Waals surface area (Å²) in [6.07, 6.45) is 7.97. The SMILES string of the molecule is O=C(NCCCNc1nc(Nc2ccc(F)c(F)c2)ncc1C1CC1)C1CCC1. The van der Waals surface area contributed by atoms with Crippen molar-refractivity contribution in [1.29, 1.82) is 0 Å². The van der Waals surface area contributed by atoms with Crippen LogP contribution in [-0.4, -0.2) is 29.0 Å². The highest BCUT2D eigenvalue weighted by Crippen LogP contribution is 2.42. The number of hydrogen-bond acceptors (Lipinski definition) is 5. The number of amides is 1. The Morgan fingerprint density at radius 2 is 1.93 bits per heavy atom. The molecule has 2 saturated carbocycles. The summed E-state index contributed by atoms with van der Waals surface area (Å²) in [7, 11) is 0. The van der Waals surface area contributed by atoms with E-state index >= 15 is 0 Å². The molecule has 2 aliphatic carbocycles. The maximum atomic E-state index is 13.4. The summed E-state index contributed by atoms with van der Waals surface area (Å²) in [4.78, 5) is 20.7. The molecule has 3 N–H and O–H groups in total. The number of aromatic nitrogens is 2. The van der Waals surface area contributed by atoms with Crippen LogP contribution in [0.3, 0.4) is 0 Å². The molecule has 1 aromatic heterocycles. The Morgan fingerprint density at radius 1 is 1.10 bits per heavy atom. The van der Waals surface area contributed by atoms with E-state index < -0.39 is 11.6 Å². The van der Waals surface area contributed by atoms with Crippen molar-refractivity contribution >= 4 is 23.4 Å². The van der Waals surface area contributed by atoms with E-state index in [2.05, 4.69) is 25.9 Å². The van der Waals surface area contributed by atoms with Gasteiger partial charge < -0.3 is 16.0 Å². The van der Waals surface area contributed by atoms with E-state index in [4.69, 9.17) is 0 Å². The van der Waals surface area contributed by atoms with Gasteiger partial charge >= 0.3 is 0 Å². The maximum absolute atomic E-state index is 13.4. The number of halogens is 2. The number of carbonyl (C=O) groups is 1. The van der Waals surface area contributed by atoms with Gasteiger partial charge in [0, 0.05) is 42.5 Å². The van der Waals surface area contributed by atoms with E-state index in [1.165, 1.54) is 6.07 Å². The smallest absolute Gasteiger partial charge is 0.229 e. The number of nitrogens with one attached hydrogen (secondary N) is 3. The molecule has 0 saturated heterocycles. The fourth-order valence-electron chi connectivity index (χ4n) is 3.31. The number of benzene rings is 1. The van der Waals surface area contributed by atoms with Crippen LogP contribution in [0, 0.1) is 17.6 Å². The molecule has 6 nitrogen and oxygen atoms in total. The van der Waals surface area contributed by atoms with Gasteiger partial charge in [-0.1, -0.05) is 6.42 Å². The molecule has 2 aliphatic rings. The zero-order valence-corrected chi connectivity index (χ0v) is 16.2. The molecule has 1 heterocycles. The van der Waals surface area contributed by atoms with Gasteiger partial charge in [-0.05, 0) is 50.2 Å². The van der Waals surface area contributed by atoms with Crippen LogP contribution in [0.5, 0.6) is 0 Å². The van der Waals surface area contributed by atoms with Gasteiger partial charge in [-0.3, -0.25) is 4.79 Å². The Morgan fingerprint density at radius 3 is 2.62 bits per heavy atom. The number of carbonyl (C=O) groups excluding carboxylic acids is 1. The molecule has 0 bridgehead atoms. The van der Waals surface area contributed by atoms with Crippen molar-refractivity contribution in [3.63, 3.8) is 0 Å². The van der Waals surface area contributed by atoms with E-state index in [0.29, 0.717) is 30.6 Å². The highest BCUT2D eigenvalue weighted by Gasteiger charge is 2.28. The summed E-state index contributed by atoms with van der Waals surface area (Å²) in [6, 6.07) is 3.58. The summed E-state index contributed by atoms with van der Waals surface area (Å²) in [5.41, 5.74) is 1.45. The van der Waals surface area contributed by atoms with E-state index in [-0.39, 0.29) is 11.8 Å². The lowest BCUT2D eigenvalue weighted by Gasteiger charge is -2.24. The van der Waals surface area contributed by atoms with Crippen LogP contribution in [0.1, 0.15) is 50.0 Å². The first-order chi connectivity index (χ1) is 14.1. The third-order valence-electron chi connectivity index (χ3n) is 5.43. The fourth-order valence-corrected chi connectivity index (χ4v) is 3.31. The highest BCUT2D eigenvalue weighted by atomic mass is 19.2. The molecule has 0 aliphatic heterocycles. The summed E-state index contributed by atoms with van der Waals surface area (Å²) in [6.45, 7) is 1.30. The average molecular weight is 401 g/mol. The van der Waals surface area contributed by atoms with Crippen molar-refractivity contribution in [2.24, 2.45) is 5.92 Å². The third kappa shape index (κ3) is 4.99. The van der Waals surface area contributed by atoms with Crippen molar-refractivity contribution in [2.45, 2.75) is 44.4 Å². The second kappa shape index (κ2) is 8.71. The molecule has 154 valence electrons. The van der Waals surface area contributed by atoms with Crippen molar-refractivity contribution in [1.82, 2.24) is 15.3 Å². The van der Waals surface area contributed by atoms with Crippen molar-refractivity contribution in [3.05, 3.63) is 41.6 Å². The molecule has 0 spiro atoms. The van der Waals surface area contributed by atoms with Gasteiger partial charge in [0.1, 0.15) is 5.82 Å². The normalized spacial score (nSPS) is 16.2. The van der Waals surface area contributed by atoms with E-state index in [9.17, 15) is 13.6 Å². The Labute approximate surface area is 168 Å². The first kappa shape index (κ1) is 19.5. The van der Waals surface area contributed by atoms with Crippen LogP contribution in [0.15, 0.2) is 24.4 Å². The molecule has 0 radical (unpaired) electrons. The molecular formula is C21H25F2N5O. The minimum atomic E-state index is -0.924. The summed E-state index contributed by atoms with van der Waals surface area (Å²) in [5.74, 6) is 0.0811. The molecule has 1 amide bonds. The monoisotopic (exact) mass is 401 g/mol. The lowest BCUT2D eigenvalue weighted by Crippen LogP contribution is -2.35. The molecule has 2 aromatic rings. The minimum Gasteiger partial charge on any atom is -0.370 e. The van der Waals surface area contributed by atoms with Crippen LogP contribution >= 0.6 is 0 Å². The minimum absolute atomic E-state index is 0.162. The van der Waals surface area contributed by atoms with Crippen molar-refractivity contribution in [2.75, 3.05) is 23.7 Å². The number of hydrogen-bond donors (Lipinski definition) is 3. The number of anilines is 3. The molecule has 2 fully saturated rings. The van der Waals surface area contributed by atoms with Crippen LogP contribution in [0.2, 0.25) is 0 Å². The quantitative estimate of drug-likeness (QED) is 0.552. The lowest BCUT2D eigenvalue weighted by molar-refractivity contribution is -0.127. The Balaban J connectivity index is 1.33. The highest BCUT2D eigenvalue weighted by molar-refractivity contribution is 5.79. The second-order valence-electron chi connectivity index (χ2n) is 7.72. The van der Waals surface area contributed by atoms with Gasteiger partial charge in [0.15, 0.2) is 11.6 Å². The van der Waals surface area contributed by atoms with Gasteiger partial charge in [-0.25, -0.2) is 13.8 Å². The molecule has 29 heavy (non-hydrogen) atoms. The van der Waals surface area contributed by atoms with Crippen LogP contribution in [0.25, 0.3) is 0 Å². The zero-order valence-electron chi connectivity index (χ0n) is 16.2. The molecule has 0 atom stereocenters. The molecule has 1 aromatic carbocycles. The first-order valence-electron chi connectivity index (χ1n) is 10.2. The lowest BCUT2D eigenvalue weighted by atomic mass is 9.85. The number of nitrogens with zero attached hydrogens (tertiary/aromatic N) is 2. The average Bonchev–Trinajstić information content (AvgIpc) is 3.48. The topological polar surface area (TPSA) is 78.9 Å². The Bertz CT molecular complexity index is 883. The zero-order chi connectivity index (χ0) is 20.2. The first-order valence-corrected chi connectivity index (χ1v) is 10.2. The van der Waals surface area contributed by atoms with Crippen molar-refractivity contribution in [3.8, 4) is 0 Å². The van der Waals surface area contributed by atoms with Gasteiger partial charge in [-0.15, -0.1) is 0 Å². The summed E-state index contributed by atoms with van der Waals surface area (Å²) in [5, 5.41) is 9.23. The van der Waals surface area contributed by atoms with Gasteiger partial charge in [0.05, 0.1) is 0 Å². The van der Waals surface area contributed by atoms with Crippen LogP contribution in [0.4, 0.5) is 26.2 Å². The fraction of sp³-hybridized carbons (Fsp3) is 0.476. The van der Waals surface area contributed by atoms with E-state index in [1.807, 2.05) is 0 Å². The third-order valence-corrected chi connectivity index (χ3v) is 5.43. The Kier molecular flexibility index (Phi) is 5.87. The predicted octanol–water partition coefficient (Wildman–Crippen LogP) is 4.09. The number of rotatable bonds is 9. The molecular weight excluding hydrogens is 376 g/mol. The molecule has 4 rings (SSSR count). The van der Waals surface area contributed by atoms with Gasteiger partial charge in [-0.2, -0.15) is 4.98 Å². The summed E-state index contributed by atoms with van der Waals surface area (Å²) >= 11 is 0. The predicted molar refractivity (Wildman–Crippen MR) is 107 cm³/mol. The van der Waals surface area contributed by atoms with Crippen molar-refractivity contribution < 1.29 is 13.6 Å². The van der Waals surface area contributed by atoms with E-state index in [0.717, 1.165) is 62.0 Å². The molecule has 0 unspecified atom stereocenters.